The molecule has 0 unspecified atom stereocenters. The van der Waals surface area contributed by atoms with Gasteiger partial charge in [-0.25, -0.2) is 17.7 Å². The highest BCUT2D eigenvalue weighted by Gasteiger charge is 2.32. The Morgan fingerprint density at radius 3 is 2.00 bits per heavy atom. The Hall–Kier alpha value is -3.85. The van der Waals surface area contributed by atoms with Crippen LogP contribution in [0.25, 0.3) is 21.8 Å². The zero-order valence-electron chi connectivity index (χ0n) is 17.8. The summed E-state index contributed by atoms with van der Waals surface area (Å²) in [6, 6.07) is 18.8. The van der Waals surface area contributed by atoms with Crippen LogP contribution in [0.4, 0.5) is 5.69 Å². The lowest BCUT2D eigenvalue weighted by Gasteiger charge is -2.24. The van der Waals surface area contributed by atoms with Crippen LogP contribution in [0.2, 0.25) is 0 Å². The maximum absolute atomic E-state index is 13.9. The number of carbonyl (C=O) groups excluding carboxylic acids is 1. The van der Waals surface area contributed by atoms with Crippen molar-refractivity contribution in [1.82, 2.24) is 9.29 Å². The molecule has 0 saturated carbocycles. The van der Waals surface area contributed by atoms with Crippen LogP contribution >= 0.6 is 0 Å². The van der Waals surface area contributed by atoms with E-state index >= 15 is 0 Å². The highest BCUT2D eigenvalue weighted by atomic mass is 32.2. The first kappa shape index (κ1) is 22.3. The van der Waals surface area contributed by atoms with Gasteiger partial charge in [-0.3, -0.25) is 14.9 Å². The number of hydrogen-bond acceptors (Lipinski definition) is 6. The summed E-state index contributed by atoms with van der Waals surface area (Å²) in [6.45, 7) is 1.89. The van der Waals surface area contributed by atoms with Crippen molar-refractivity contribution in [3.63, 3.8) is 0 Å². The number of pyridine rings is 1. The summed E-state index contributed by atoms with van der Waals surface area (Å²) in [5, 5.41) is 12.1. The second-order valence-electron chi connectivity index (χ2n) is 7.51. The molecular formula is C24H21N3O5S. The number of non-ortho nitro benzene ring substituents is 1. The third kappa shape index (κ3) is 4.14. The average molecular weight is 464 g/mol. The molecule has 0 aliphatic rings. The topological polar surface area (TPSA) is 110 Å². The van der Waals surface area contributed by atoms with Crippen LogP contribution in [0, 0.1) is 10.1 Å². The normalized spacial score (nSPS) is 11.5. The molecule has 0 bridgehead atoms. The van der Waals surface area contributed by atoms with Crippen molar-refractivity contribution in [2.45, 2.75) is 24.7 Å². The molecule has 1 amide bonds. The van der Waals surface area contributed by atoms with Crippen LogP contribution < -0.4 is 0 Å². The number of sulfonamides is 1. The first-order chi connectivity index (χ1) is 15.8. The van der Waals surface area contributed by atoms with Gasteiger partial charge in [0.25, 0.3) is 21.6 Å². The monoisotopic (exact) mass is 463 g/mol. The summed E-state index contributed by atoms with van der Waals surface area (Å²) in [6.07, 6.45) is 1.15. The minimum atomic E-state index is -4.26. The van der Waals surface area contributed by atoms with Crippen molar-refractivity contribution in [2.24, 2.45) is 0 Å². The fourth-order valence-electron chi connectivity index (χ4n) is 3.69. The fourth-order valence-corrected chi connectivity index (χ4v) is 5.11. The fraction of sp³-hybridized carbons (Fsp3) is 0.167. The van der Waals surface area contributed by atoms with Gasteiger partial charge in [-0.2, -0.15) is 0 Å². The zero-order chi connectivity index (χ0) is 23.6. The van der Waals surface area contributed by atoms with Gasteiger partial charge < -0.3 is 0 Å². The molecule has 4 aromatic rings. The molecule has 1 heterocycles. The number of amides is 1. The molecule has 9 heteroatoms. The van der Waals surface area contributed by atoms with E-state index in [0.29, 0.717) is 34.6 Å². The van der Waals surface area contributed by atoms with Gasteiger partial charge in [0.1, 0.15) is 0 Å². The standard InChI is InChI=1S/C24H21N3O5S/c1-2-3-16-26(33(31,32)18-14-12-17(13-15-18)27(29)30)24(28)23-19-8-4-6-10-21(19)25-22-11-7-5-9-20(22)23/h4-15H,2-3,16H2,1H3. The van der Waals surface area contributed by atoms with E-state index in [1.807, 2.05) is 6.92 Å². The van der Waals surface area contributed by atoms with Crippen molar-refractivity contribution in [3.8, 4) is 0 Å². The van der Waals surface area contributed by atoms with E-state index in [1.54, 1.807) is 48.5 Å². The first-order valence-electron chi connectivity index (χ1n) is 10.4. The van der Waals surface area contributed by atoms with Gasteiger partial charge in [-0.1, -0.05) is 49.7 Å². The van der Waals surface area contributed by atoms with Crippen LogP contribution in [-0.4, -0.2) is 35.1 Å². The highest BCUT2D eigenvalue weighted by molar-refractivity contribution is 7.89. The second-order valence-corrected chi connectivity index (χ2v) is 9.37. The Balaban J connectivity index is 1.90. The Morgan fingerprint density at radius 1 is 0.939 bits per heavy atom. The third-order valence-electron chi connectivity index (χ3n) is 5.38. The molecule has 0 radical (unpaired) electrons. The maximum Gasteiger partial charge on any atom is 0.269 e. The Kier molecular flexibility index (Phi) is 6.06. The van der Waals surface area contributed by atoms with Gasteiger partial charge in [0.15, 0.2) is 0 Å². The first-order valence-corrected chi connectivity index (χ1v) is 11.9. The third-order valence-corrected chi connectivity index (χ3v) is 7.17. The minimum absolute atomic E-state index is 0.0143. The number of benzene rings is 3. The Morgan fingerprint density at radius 2 is 1.48 bits per heavy atom. The van der Waals surface area contributed by atoms with Crippen LogP contribution in [0.3, 0.4) is 0 Å². The molecular weight excluding hydrogens is 442 g/mol. The molecule has 168 valence electrons. The van der Waals surface area contributed by atoms with Crippen LogP contribution in [0.15, 0.2) is 77.7 Å². The molecule has 33 heavy (non-hydrogen) atoms. The van der Waals surface area contributed by atoms with Crippen molar-refractivity contribution in [1.29, 1.82) is 0 Å². The van der Waals surface area contributed by atoms with Gasteiger partial charge in [-0.05, 0) is 30.7 Å². The molecule has 0 aliphatic heterocycles. The average Bonchev–Trinajstić information content (AvgIpc) is 2.82. The molecule has 1 aromatic heterocycles. The Labute approximate surface area is 190 Å². The van der Waals surface area contributed by atoms with Gasteiger partial charge >= 0.3 is 0 Å². The lowest BCUT2D eigenvalue weighted by atomic mass is 10.0. The molecule has 0 atom stereocenters. The predicted molar refractivity (Wildman–Crippen MR) is 125 cm³/mol. The minimum Gasteiger partial charge on any atom is -0.268 e. The molecule has 0 spiro atoms. The number of para-hydroxylation sites is 2. The van der Waals surface area contributed by atoms with Gasteiger partial charge in [0, 0.05) is 29.4 Å². The van der Waals surface area contributed by atoms with E-state index in [0.717, 1.165) is 28.6 Å². The molecule has 8 nitrogen and oxygen atoms in total. The summed E-state index contributed by atoms with van der Waals surface area (Å²) in [5.74, 6) is -0.656. The van der Waals surface area contributed by atoms with E-state index < -0.39 is 20.9 Å². The molecule has 4 rings (SSSR count). The second kappa shape index (κ2) is 8.95. The van der Waals surface area contributed by atoms with Gasteiger partial charge in [-0.15, -0.1) is 0 Å². The summed E-state index contributed by atoms with van der Waals surface area (Å²) >= 11 is 0. The van der Waals surface area contributed by atoms with E-state index in [1.165, 1.54) is 0 Å². The lowest BCUT2D eigenvalue weighted by molar-refractivity contribution is -0.384. The van der Waals surface area contributed by atoms with E-state index in [2.05, 4.69) is 4.98 Å². The summed E-state index contributed by atoms with van der Waals surface area (Å²) in [4.78, 5) is 28.7. The summed E-state index contributed by atoms with van der Waals surface area (Å²) in [5.41, 5.74) is 1.20. The van der Waals surface area contributed by atoms with E-state index in [4.69, 9.17) is 0 Å². The zero-order valence-corrected chi connectivity index (χ0v) is 18.7. The Bertz CT molecular complexity index is 1410. The number of fused-ring (bicyclic) bond motifs is 2. The number of rotatable bonds is 7. The summed E-state index contributed by atoms with van der Waals surface area (Å²) in [7, 11) is -4.26. The predicted octanol–water partition coefficient (Wildman–Crippen LogP) is 4.93. The number of nitro benzene ring substituents is 1. The van der Waals surface area contributed by atoms with Crippen molar-refractivity contribution in [3.05, 3.63) is 88.5 Å². The smallest absolute Gasteiger partial charge is 0.268 e. The SMILES string of the molecule is CCCCN(C(=O)c1c2ccccc2nc2ccccc12)S(=O)(=O)c1ccc([N+](=O)[O-])cc1. The van der Waals surface area contributed by atoms with E-state index in [9.17, 15) is 23.3 Å². The molecule has 0 saturated heterocycles. The lowest BCUT2D eigenvalue weighted by Crippen LogP contribution is -2.38. The quantitative estimate of drug-likeness (QED) is 0.218. The number of unbranched alkanes of at least 4 members (excludes halogenated alkanes) is 1. The number of aromatic nitrogens is 1. The molecule has 0 aliphatic carbocycles. The number of nitro groups is 1. The number of nitrogens with zero attached hydrogens (tertiary/aromatic N) is 3. The van der Waals surface area contributed by atoms with Crippen LogP contribution in [0.5, 0.6) is 0 Å². The van der Waals surface area contributed by atoms with Crippen LogP contribution in [-0.2, 0) is 10.0 Å². The van der Waals surface area contributed by atoms with Gasteiger partial charge in [0.05, 0.1) is 26.4 Å². The molecule has 3 aromatic carbocycles. The maximum atomic E-state index is 13.9. The van der Waals surface area contributed by atoms with Crippen molar-refractivity contribution < 1.29 is 18.1 Å². The molecule has 0 N–H and O–H groups in total. The van der Waals surface area contributed by atoms with Crippen molar-refractivity contribution >= 4 is 43.4 Å². The largest absolute Gasteiger partial charge is 0.269 e. The van der Waals surface area contributed by atoms with Gasteiger partial charge in [0.2, 0.25) is 0 Å². The number of carbonyl (C=O) groups is 1. The van der Waals surface area contributed by atoms with Crippen LogP contribution in [0.1, 0.15) is 30.1 Å². The van der Waals surface area contributed by atoms with E-state index in [-0.39, 0.29) is 22.7 Å². The molecule has 0 fully saturated rings. The van der Waals surface area contributed by atoms with Crippen molar-refractivity contribution in [2.75, 3.05) is 6.54 Å². The summed E-state index contributed by atoms with van der Waals surface area (Å²) < 4.78 is 27.9. The number of hydrogen-bond donors (Lipinski definition) is 0. The highest BCUT2D eigenvalue weighted by Crippen LogP contribution is 2.29.